The lowest BCUT2D eigenvalue weighted by Gasteiger charge is -2.40. The van der Waals surface area contributed by atoms with Crippen molar-refractivity contribution in [3.8, 4) is 6.07 Å². The van der Waals surface area contributed by atoms with Gasteiger partial charge in [-0.25, -0.2) is 0 Å². The first-order valence-electron chi connectivity index (χ1n) is 9.08. The molecule has 6 heteroatoms. The SMILES string of the molecule is Cc1cnn(CC(=O)N2CCN([C@@H](C#N)C3CCCCC3)CC2)c1. The molecule has 2 heterocycles. The lowest BCUT2D eigenvalue weighted by atomic mass is 9.83. The van der Waals surface area contributed by atoms with Gasteiger partial charge in [-0.3, -0.25) is 14.4 Å². The normalized spacial score (nSPS) is 21.4. The summed E-state index contributed by atoms with van der Waals surface area (Å²) in [5, 5.41) is 13.8. The van der Waals surface area contributed by atoms with Gasteiger partial charge >= 0.3 is 0 Å². The maximum Gasteiger partial charge on any atom is 0.244 e. The van der Waals surface area contributed by atoms with Crippen LogP contribution in [-0.4, -0.2) is 57.7 Å². The van der Waals surface area contributed by atoms with Crippen molar-refractivity contribution in [1.29, 1.82) is 5.26 Å². The van der Waals surface area contributed by atoms with E-state index in [1.165, 1.54) is 32.1 Å². The second kappa shape index (κ2) is 7.80. The lowest BCUT2D eigenvalue weighted by Crippen LogP contribution is -2.54. The zero-order valence-corrected chi connectivity index (χ0v) is 14.5. The molecule has 1 aliphatic carbocycles. The molecule has 1 saturated carbocycles. The van der Waals surface area contributed by atoms with Crippen molar-refractivity contribution < 1.29 is 4.79 Å². The van der Waals surface area contributed by atoms with Gasteiger partial charge in [-0.15, -0.1) is 0 Å². The Balaban J connectivity index is 1.51. The zero-order valence-electron chi connectivity index (χ0n) is 14.5. The van der Waals surface area contributed by atoms with Crippen molar-refractivity contribution in [3.05, 3.63) is 18.0 Å². The van der Waals surface area contributed by atoms with E-state index in [2.05, 4.69) is 16.1 Å². The molecule has 0 N–H and O–H groups in total. The third kappa shape index (κ3) is 3.96. The number of nitrogens with zero attached hydrogens (tertiary/aromatic N) is 5. The van der Waals surface area contributed by atoms with Gasteiger partial charge in [-0.05, 0) is 31.2 Å². The van der Waals surface area contributed by atoms with Crippen LogP contribution >= 0.6 is 0 Å². The second-order valence-electron chi connectivity index (χ2n) is 7.10. The number of carbonyl (C=O) groups is 1. The van der Waals surface area contributed by atoms with E-state index in [1.54, 1.807) is 10.9 Å². The van der Waals surface area contributed by atoms with Crippen LogP contribution in [0.15, 0.2) is 12.4 Å². The molecule has 0 aromatic carbocycles. The summed E-state index contributed by atoms with van der Waals surface area (Å²) >= 11 is 0. The fourth-order valence-corrected chi connectivity index (χ4v) is 3.98. The first-order valence-corrected chi connectivity index (χ1v) is 9.08. The molecule has 0 bridgehead atoms. The largest absolute Gasteiger partial charge is 0.339 e. The standard InChI is InChI=1S/C18H27N5O/c1-15-12-20-23(13-15)14-18(24)22-9-7-21(8-10-22)17(11-19)16-5-3-2-4-6-16/h12-13,16-17H,2-10,14H2,1H3/t17-/m0/s1. The van der Waals surface area contributed by atoms with Gasteiger partial charge in [-0.1, -0.05) is 19.3 Å². The van der Waals surface area contributed by atoms with E-state index in [0.29, 0.717) is 25.6 Å². The molecule has 1 saturated heterocycles. The Hall–Kier alpha value is -1.87. The number of piperazine rings is 1. The fourth-order valence-electron chi connectivity index (χ4n) is 3.98. The highest BCUT2D eigenvalue weighted by Crippen LogP contribution is 2.29. The smallest absolute Gasteiger partial charge is 0.244 e. The molecule has 1 aromatic heterocycles. The maximum absolute atomic E-state index is 12.4. The van der Waals surface area contributed by atoms with Crippen LogP contribution in [0.25, 0.3) is 0 Å². The summed E-state index contributed by atoms with van der Waals surface area (Å²) in [4.78, 5) is 16.6. The van der Waals surface area contributed by atoms with E-state index in [9.17, 15) is 10.1 Å². The third-order valence-electron chi connectivity index (χ3n) is 5.35. The molecule has 1 amide bonds. The van der Waals surface area contributed by atoms with E-state index in [4.69, 9.17) is 0 Å². The average molecular weight is 329 g/mol. The van der Waals surface area contributed by atoms with Crippen molar-refractivity contribution in [3.63, 3.8) is 0 Å². The van der Waals surface area contributed by atoms with E-state index in [-0.39, 0.29) is 11.9 Å². The van der Waals surface area contributed by atoms with Gasteiger partial charge in [0.2, 0.25) is 5.91 Å². The highest BCUT2D eigenvalue weighted by Gasteiger charge is 2.31. The van der Waals surface area contributed by atoms with Gasteiger partial charge < -0.3 is 4.90 Å². The van der Waals surface area contributed by atoms with Gasteiger partial charge in [0.25, 0.3) is 0 Å². The van der Waals surface area contributed by atoms with Gasteiger partial charge in [0.1, 0.15) is 12.6 Å². The van der Waals surface area contributed by atoms with Crippen molar-refractivity contribution in [1.82, 2.24) is 19.6 Å². The highest BCUT2D eigenvalue weighted by molar-refractivity contribution is 5.76. The Morgan fingerprint density at radius 2 is 2.00 bits per heavy atom. The highest BCUT2D eigenvalue weighted by atomic mass is 16.2. The van der Waals surface area contributed by atoms with Gasteiger partial charge in [-0.2, -0.15) is 10.4 Å². The molecule has 2 aliphatic rings. The van der Waals surface area contributed by atoms with Crippen LogP contribution in [0.3, 0.4) is 0 Å². The van der Waals surface area contributed by atoms with Crippen LogP contribution in [0.5, 0.6) is 0 Å². The summed E-state index contributed by atoms with van der Waals surface area (Å²) in [5.74, 6) is 0.627. The van der Waals surface area contributed by atoms with E-state index >= 15 is 0 Å². The van der Waals surface area contributed by atoms with Crippen LogP contribution in [-0.2, 0) is 11.3 Å². The predicted molar refractivity (Wildman–Crippen MR) is 91.1 cm³/mol. The predicted octanol–water partition coefficient (Wildman–Crippen LogP) is 1.81. The molecule has 1 aliphatic heterocycles. The first-order chi connectivity index (χ1) is 11.7. The lowest BCUT2D eigenvalue weighted by molar-refractivity contribution is -0.134. The van der Waals surface area contributed by atoms with E-state index in [1.807, 2.05) is 18.0 Å². The minimum Gasteiger partial charge on any atom is -0.339 e. The molecule has 6 nitrogen and oxygen atoms in total. The number of rotatable bonds is 4. The minimum atomic E-state index is 0.0244. The molecule has 130 valence electrons. The number of hydrogen-bond acceptors (Lipinski definition) is 4. The van der Waals surface area contributed by atoms with E-state index in [0.717, 1.165) is 18.7 Å². The number of aryl methyl sites for hydroxylation is 1. The summed E-state index contributed by atoms with van der Waals surface area (Å²) in [6, 6.07) is 2.56. The van der Waals surface area contributed by atoms with Gasteiger partial charge in [0.05, 0.1) is 12.3 Å². The Morgan fingerprint density at radius 3 is 2.58 bits per heavy atom. The molecular formula is C18H27N5O. The Kier molecular flexibility index (Phi) is 5.52. The Bertz CT molecular complexity index is 591. The van der Waals surface area contributed by atoms with Crippen LogP contribution in [0.2, 0.25) is 0 Å². The summed E-state index contributed by atoms with van der Waals surface area (Å²) in [5.41, 5.74) is 1.07. The molecule has 0 unspecified atom stereocenters. The van der Waals surface area contributed by atoms with Crippen LogP contribution < -0.4 is 0 Å². The van der Waals surface area contributed by atoms with Crippen LogP contribution in [0, 0.1) is 24.2 Å². The number of nitriles is 1. The topological polar surface area (TPSA) is 65.2 Å². The fraction of sp³-hybridized carbons (Fsp3) is 0.722. The zero-order chi connectivity index (χ0) is 16.9. The summed E-state index contributed by atoms with van der Waals surface area (Å²) in [7, 11) is 0. The van der Waals surface area contributed by atoms with Gasteiger partial charge in [0.15, 0.2) is 0 Å². The number of carbonyl (C=O) groups excluding carboxylic acids is 1. The maximum atomic E-state index is 12.4. The minimum absolute atomic E-state index is 0.0244. The van der Waals surface area contributed by atoms with Crippen LogP contribution in [0.4, 0.5) is 0 Å². The quantitative estimate of drug-likeness (QED) is 0.845. The molecule has 3 rings (SSSR count). The van der Waals surface area contributed by atoms with Crippen molar-refractivity contribution in [2.45, 2.75) is 51.6 Å². The molecule has 1 atom stereocenters. The van der Waals surface area contributed by atoms with Crippen molar-refractivity contribution in [2.24, 2.45) is 5.92 Å². The number of aromatic nitrogens is 2. The summed E-state index contributed by atoms with van der Waals surface area (Å²) in [6.07, 6.45) is 9.83. The molecule has 24 heavy (non-hydrogen) atoms. The van der Waals surface area contributed by atoms with Crippen molar-refractivity contribution >= 4 is 5.91 Å². The molecular weight excluding hydrogens is 302 g/mol. The molecule has 1 aromatic rings. The Labute approximate surface area is 144 Å². The molecule has 2 fully saturated rings. The monoisotopic (exact) mass is 329 g/mol. The summed E-state index contributed by atoms with van der Waals surface area (Å²) in [6.45, 7) is 5.31. The number of hydrogen-bond donors (Lipinski definition) is 0. The third-order valence-corrected chi connectivity index (χ3v) is 5.35. The average Bonchev–Trinajstić information content (AvgIpc) is 3.02. The van der Waals surface area contributed by atoms with Crippen LogP contribution in [0.1, 0.15) is 37.7 Å². The van der Waals surface area contributed by atoms with Gasteiger partial charge in [0, 0.05) is 32.4 Å². The molecule has 0 spiro atoms. The first kappa shape index (κ1) is 17.0. The molecule has 0 radical (unpaired) electrons. The van der Waals surface area contributed by atoms with Crippen molar-refractivity contribution in [2.75, 3.05) is 26.2 Å². The second-order valence-corrected chi connectivity index (χ2v) is 7.10. The number of amides is 1. The van der Waals surface area contributed by atoms with E-state index < -0.39 is 0 Å². The summed E-state index contributed by atoms with van der Waals surface area (Å²) < 4.78 is 1.70. The Morgan fingerprint density at radius 1 is 1.29 bits per heavy atom.